The fourth-order valence-corrected chi connectivity index (χ4v) is 1.86. The van der Waals surface area contributed by atoms with E-state index in [1.54, 1.807) is 0 Å². The Hall–Kier alpha value is -0.280. The van der Waals surface area contributed by atoms with Crippen LogP contribution < -0.4 is 5.73 Å². The van der Waals surface area contributed by atoms with E-state index in [0.717, 1.165) is 12.8 Å². The number of rotatable bonds is 4. The van der Waals surface area contributed by atoms with Crippen LogP contribution in [0.4, 0.5) is 0 Å². The first-order valence-corrected chi connectivity index (χ1v) is 4.46. The number of hydrogen-bond donors (Lipinski definition) is 2. The zero-order valence-corrected chi connectivity index (χ0v) is 8.93. The van der Waals surface area contributed by atoms with E-state index in [-0.39, 0.29) is 12.4 Å². The summed E-state index contributed by atoms with van der Waals surface area (Å²) in [6.45, 7) is 4.52. The first kappa shape index (κ1) is 12.7. The molecule has 0 aromatic rings. The minimum Gasteiger partial charge on any atom is -0.481 e. The van der Waals surface area contributed by atoms with Gasteiger partial charge in [0.05, 0.1) is 5.41 Å². The highest BCUT2D eigenvalue weighted by molar-refractivity contribution is 5.85. The van der Waals surface area contributed by atoms with Crippen LogP contribution in [0.5, 0.6) is 0 Å². The molecule has 13 heavy (non-hydrogen) atoms. The van der Waals surface area contributed by atoms with Crippen molar-refractivity contribution >= 4 is 18.4 Å². The zero-order valence-electron chi connectivity index (χ0n) is 8.12. The maximum atomic E-state index is 10.8. The topological polar surface area (TPSA) is 63.3 Å². The number of halogens is 1. The molecule has 0 aliphatic heterocycles. The van der Waals surface area contributed by atoms with Crippen molar-refractivity contribution in [3.8, 4) is 0 Å². The van der Waals surface area contributed by atoms with Crippen LogP contribution in [0.2, 0.25) is 0 Å². The van der Waals surface area contributed by atoms with Gasteiger partial charge in [-0.05, 0) is 24.7 Å². The Morgan fingerprint density at radius 2 is 2.23 bits per heavy atom. The second-order valence-electron chi connectivity index (χ2n) is 4.20. The van der Waals surface area contributed by atoms with E-state index in [2.05, 4.69) is 13.8 Å². The van der Waals surface area contributed by atoms with Gasteiger partial charge >= 0.3 is 5.97 Å². The second-order valence-corrected chi connectivity index (χ2v) is 4.20. The van der Waals surface area contributed by atoms with Crippen LogP contribution in [0.3, 0.4) is 0 Å². The molecular weight excluding hydrogens is 190 g/mol. The summed E-state index contributed by atoms with van der Waals surface area (Å²) in [5, 5.41) is 8.91. The van der Waals surface area contributed by atoms with Crippen molar-refractivity contribution in [1.29, 1.82) is 0 Å². The van der Waals surface area contributed by atoms with Gasteiger partial charge in [-0.15, -0.1) is 12.4 Å². The molecular formula is C9H18ClNO2. The summed E-state index contributed by atoms with van der Waals surface area (Å²) in [6.07, 6.45) is 1.76. The number of hydrogen-bond acceptors (Lipinski definition) is 2. The first-order valence-electron chi connectivity index (χ1n) is 4.46. The highest BCUT2D eigenvalue weighted by atomic mass is 35.5. The molecule has 0 aromatic carbocycles. The Bertz CT molecular complexity index is 196. The van der Waals surface area contributed by atoms with Gasteiger partial charge in [-0.1, -0.05) is 13.8 Å². The first-order chi connectivity index (χ1) is 5.53. The molecule has 1 fully saturated rings. The molecule has 1 saturated carbocycles. The summed E-state index contributed by atoms with van der Waals surface area (Å²) in [6, 6.07) is 0. The molecule has 0 heterocycles. The molecule has 0 unspecified atom stereocenters. The van der Waals surface area contributed by atoms with Crippen LogP contribution in [-0.2, 0) is 4.79 Å². The minimum atomic E-state index is -0.712. The highest BCUT2D eigenvalue weighted by Gasteiger charge is 2.58. The van der Waals surface area contributed by atoms with Gasteiger partial charge in [0.2, 0.25) is 0 Å². The minimum absolute atomic E-state index is 0. The lowest BCUT2D eigenvalue weighted by Gasteiger charge is -2.09. The third-order valence-electron chi connectivity index (χ3n) is 2.78. The Morgan fingerprint density at radius 1 is 1.69 bits per heavy atom. The van der Waals surface area contributed by atoms with E-state index in [4.69, 9.17) is 10.8 Å². The van der Waals surface area contributed by atoms with Crippen molar-refractivity contribution in [1.82, 2.24) is 0 Å². The molecule has 78 valence electrons. The number of carboxylic acids is 1. The second kappa shape index (κ2) is 4.29. The van der Waals surface area contributed by atoms with Gasteiger partial charge in [0.1, 0.15) is 0 Å². The molecule has 3 nitrogen and oxygen atoms in total. The van der Waals surface area contributed by atoms with E-state index in [1.165, 1.54) is 0 Å². The zero-order chi connectivity index (χ0) is 9.35. The van der Waals surface area contributed by atoms with Gasteiger partial charge in [0.15, 0.2) is 0 Å². The third kappa shape index (κ3) is 2.35. The number of aliphatic carboxylic acids is 1. The van der Waals surface area contributed by atoms with Crippen LogP contribution in [-0.4, -0.2) is 17.6 Å². The number of carbonyl (C=O) groups is 1. The van der Waals surface area contributed by atoms with E-state index >= 15 is 0 Å². The normalized spacial score (nSPS) is 31.2. The fourth-order valence-electron chi connectivity index (χ4n) is 1.86. The van der Waals surface area contributed by atoms with Gasteiger partial charge in [-0.3, -0.25) is 4.79 Å². The lowest BCUT2D eigenvalue weighted by molar-refractivity contribution is -0.143. The Kier molecular flexibility index (Phi) is 4.20. The number of carboxylic acid groups (broad SMARTS) is 1. The Morgan fingerprint density at radius 3 is 2.46 bits per heavy atom. The summed E-state index contributed by atoms with van der Waals surface area (Å²) in [5.74, 6) is 0.179. The van der Waals surface area contributed by atoms with Crippen molar-refractivity contribution in [3.63, 3.8) is 0 Å². The van der Waals surface area contributed by atoms with E-state index < -0.39 is 11.4 Å². The molecule has 4 heteroatoms. The molecule has 0 bridgehead atoms. The summed E-state index contributed by atoms with van der Waals surface area (Å²) < 4.78 is 0. The van der Waals surface area contributed by atoms with Crippen molar-refractivity contribution in [2.75, 3.05) is 6.54 Å². The maximum absolute atomic E-state index is 10.8. The van der Waals surface area contributed by atoms with Gasteiger partial charge in [-0.2, -0.15) is 0 Å². The van der Waals surface area contributed by atoms with Crippen LogP contribution in [0.25, 0.3) is 0 Å². The molecule has 3 N–H and O–H groups in total. The molecule has 0 saturated heterocycles. The average molecular weight is 208 g/mol. The quantitative estimate of drug-likeness (QED) is 0.735. The van der Waals surface area contributed by atoms with Gasteiger partial charge < -0.3 is 10.8 Å². The molecule has 1 aliphatic carbocycles. The lowest BCUT2D eigenvalue weighted by atomic mass is 9.98. The predicted octanol–water partition coefficient (Wildman–Crippen LogP) is 1.50. The summed E-state index contributed by atoms with van der Waals surface area (Å²) in [4.78, 5) is 10.8. The van der Waals surface area contributed by atoms with E-state index in [1.807, 2.05) is 0 Å². The Balaban J connectivity index is 0.00000144. The smallest absolute Gasteiger partial charge is 0.311 e. The van der Waals surface area contributed by atoms with Crippen LogP contribution in [0.15, 0.2) is 0 Å². The van der Waals surface area contributed by atoms with Gasteiger partial charge in [-0.25, -0.2) is 0 Å². The van der Waals surface area contributed by atoms with Crippen LogP contribution in [0, 0.1) is 17.3 Å². The lowest BCUT2D eigenvalue weighted by Crippen LogP contribution is -2.27. The van der Waals surface area contributed by atoms with Crippen LogP contribution in [0.1, 0.15) is 26.7 Å². The van der Waals surface area contributed by atoms with E-state index in [9.17, 15) is 4.79 Å². The SMILES string of the molecule is CC(C)C[C@H]1C[C@]1(CN)C(=O)O.Cl. The standard InChI is InChI=1S/C9H17NO2.ClH/c1-6(2)3-7-4-9(7,5-10)8(11)12;/h6-7H,3-5,10H2,1-2H3,(H,11,12);1H/t7-,9+;/m0./s1. The largest absolute Gasteiger partial charge is 0.481 e. The average Bonchev–Trinajstić information content (AvgIpc) is 2.62. The maximum Gasteiger partial charge on any atom is 0.311 e. The summed E-state index contributed by atoms with van der Waals surface area (Å²) in [5.41, 5.74) is 4.89. The van der Waals surface area contributed by atoms with E-state index in [0.29, 0.717) is 18.4 Å². The molecule has 1 aliphatic rings. The molecule has 0 amide bonds. The molecule has 2 atom stereocenters. The van der Waals surface area contributed by atoms with Gasteiger partial charge in [0.25, 0.3) is 0 Å². The van der Waals surface area contributed by atoms with Crippen molar-refractivity contribution in [2.24, 2.45) is 23.0 Å². The molecule has 0 spiro atoms. The summed E-state index contributed by atoms with van der Waals surface area (Å²) >= 11 is 0. The fraction of sp³-hybridized carbons (Fsp3) is 0.889. The predicted molar refractivity (Wildman–Crippen MR) is 53.9 cm³/mol. The summed E-state index contributed by atoms with van der Waals surface area (Å²) in [7, 11) is 0. The molecule has 1 rings (SSSR count). The molecule has 0 aromatic heterocycles. The van der Waals surface area contributed by atoms with Crippen molar-refractivity contribution in [3.05, 3.63) is 0 Å². The third-order valence-corrected chi connectivity index (χ3v) is 2.78. The monoisotopic (exact) mass is 207 g/mol. The Labute approximate surface area is 85.1 Å². The highest BCUT2D eigenvalue weighted by Crippen LogP contribution is 2.54. The van der Waals surface area contributed by atoms with Crippen LogP contribution >= 0.6 is 12.4 Å². The van der Waals surface area contributed by atoms with Gasteiger partial charge in [0, 0.05) is 6.54 Å². The van der Waals surface area contributed by atoms with Crippen molar-refractivity contribution < 1.29 is 9.90 Å². The van der Waals surface area contributed by atoms with Crippen molar-refractivity contribution in [2.45, 2.75) is 26.7 Å². The number of nitrogens with two attached hydrogens (primary N) is 1. The molecule has 0 radical (unpaired) electrons.